The van der Waals surface area contributed by atoms with Crippen molar-refractivity contribution in [3.63, 3.8) is 0 Å². The van der Waals surface area contributed by atoms with Crippen molar-refractivity contribution in [3.8, 4) is 0 Å². The molecule has 5 heteroatoms. The van der Waals surface area contributed by atoms with E-state index in [0.717, 1.165) is 21.3 Å². The molecule has 0 saturated carbocycles. The molecule has 0 atom stereocenters. The second-order valence-electron chi connectivity index (χ2n) is 4.45. The smallest absolute Gasteiger partial charge is 0.0294 e. The first kappa shape index (κ1) is 18.1. The first-order valence-electron chi connectivity index (χ1n) is 6.38. The van der Waals surface area contributed by atoms with Gasteiger partial charge in [0, 0.05) is 31.1 Å². The molecule has 0 aliphatic rings. The molecular formula is C16H14Br4S. The Morgan fingerprint density at radius 1 is 0.571 bits per heavy atom. The Bertz CT molecular complexity index is 515. The second-order valence-corrected chi connectivity index (χ2v) is 7.71. The van der Waals surface area contributed by atoms with Crippen molar-refractivity contribution in [2.75, 3.05) is 0 Å². The van der Waals surface area contributed by atoms with Gasteiger partial charge in [-0.2, -0.15) is 0 Å². The van der Waals surface area contributed by atoms with E-state index < -0.39 is 0 Å². The van der Waals surface area contributed by atoms with Crippen LogP contribution in [-0.4, -0.2) is 0 Å². The lowest BCUT2D eigenvalue weighted by molar-refractivity contribution is 1.16. The fourth-order valence-corrected chi connectivity index (χ4v) is 5.96. The van der Waals surface area contributed by atoms with Gasteiger partial charge in [-0.3, -0.25) is 0 Å². The number of halogens is 4. The van der Waals surface area contributed by atoms with Crippen LogP contribution in [0, 0.1) is 0 Å². The summed E-state index contributed by atoms with van der Waals surface area (Å²) in [4.78, 5) is 2.70. The van der Waals surface area contributed by atoms with Crippen LogP contribution in [-0.2, 0) is 21.3 Å². The summed E-state index contributed by atoms with van der Waals surface area (Å²) in [5, 5.41) is 3.49. The molecule has 0 spiro atoms. The molecule has 112 valence electrons. The highest BCUT2D eigenvalue weighted by atomic mass is 79.9. The Morgan fingerprint density at radius 2 is 0.857 bits per heavy atom. The molecule has 21 heavy (non-hydrogen) atoms. The lowest BCUT2D eigenvalue weighted by atomic mass is 10.1. The van der Waals surface area contributed by atoms with E-state index in [1.165, 1.54) is 32.0 Å². The molecule has 0 fully saturated rings. The first-order valence-corrected chi connectivity index (χ1v) is 11.7. The number of benzene rings is 2. The SMILES string of the molecule is BrCc1cccc(CBr)c1Sc1c(CBr)cccc1CBr. The summed E-state index contributed by atoms with van der Waals surface area (Å²) in [5.41, 5.74) is 5.34. The number of hydrogen-bond donors (Lipinski definition) is 0. The van der Waals surface area contributed by atoms with Gasteiger partial charge >= 0.3 is 0 Å². The summed E-state index contributed by atoms with van der Waals surface area (Å²) in [6.45, 7) is 0. The average molecular weight is 558 g/mol. The van der Waals surface area contributed by atoms with E-state index in [1.807, 2.05) is 11.8 Å². The standard InChI is InChI=1S/C16H14Br4S/c17-7-11-3-1-4-12(8-18)15(11)21-16-13(9-19)5-2-6-14(16)10-20/h1-6H,7-10H2. The van der Waals surface area contributed by atoms with Gasteiger partial charge in [-0.05, 0) is 22.3 Å². The van der Waals surface area contributed by atoms with Crippen molar-refractivity contribution in [3.05, 3.63) is 58.7 Å². The summed E-state index contributed by atoms with van der Waals surface area (Å²) in [7, 11) is 0. The molecule has 0 N–H and O–H groups in total. The van der Waals surface area contributed by atoms with Gasteiger partial charge in [-0.25, -0.2) is 0 Å². The van der Waals surface area contributed by atoms with Crippen LogP contribution in [0.3, 0.4) is 0 Å². The maximum atomic E-state index is 3.61. The lowest BCUT2D eigenvalue weighted by Gasteiger charge is -2.16. The monoisotopic (exact) mass is 554 g/mol. The van der Waals surface area contributed by atoms with Crippen molar-refractivity contribution in [2.45, 2.75) is 31.1 Å². The molecule has 0 heterocycles. The van der Waals surface area contributed by atoms with E-state index in [9.17, 15) is 0 Å². The highest BCUT2D eigenvalue weighted by Gasteiger charge is 2.14. The Balaban J connectivity index is 2.52. The zero-order valence-corrected chi connectivity index (χ0v) is 18.4. The quantitative estimate of drug-likeness (QED) is 0.333. The zero-order chi connectivity index (χ0) is 15.2. The summed E-state index contributed by atoms with van der Waals surface area (Å²) in [5.74, 6) is 0. The van der Waals surface area contributed by atoms with Gasteiger partial charge in [0.15, 0.2) is 0 Å². The largest absolute Gasteiger partial charge is 0.0888 e. The maximum Gasteiger partial charge on any atom is 0.0294 e. The molecule has 0 aliphatic carbocycles. The zero-order valence-electron chi connectivity index (χ0n) is 11.2. The Labute approximate surface area is 164 Å². The van der Waals surface area contributed by atoms with Crippen LogP contribution in [0.25, 0.3) is 0 Å². The van der Waals surface area contributed by atoms with Crippen molar-refractivity contribution in [2.24, 2.45) is 0 Å². The molecule has 0 radical (unpaired) electrons. The molecule has 0 nitrogen and oxygen atoms in total. The Hall–Kier alpha value is 0.710. The van der Waals surface area contributed by atoms with Crippen LogP contribution < -0.4 is 0 Å². The predicted octanol–water partition coefficient (Wildman–Crippen LogP) is 7.42. The molecular weight excluding hydrogens is 544 g/mol. The first-order chi connectivity index (χ1) is 10.2. The van der Waals surface area contributed by atoms with E-state index in [2.05, 4.69) is 100 Å². The van der Waals surface area contributed by atoms with E-state index >= 15 is 0 Å². The van der Waals surface area contributed by atoms with Gasteiger partial charge in [0.05, 0.1) is 0 Å². The van der Waals surface area contributed by atoms with E-state index in [0.29, 0.717) is 0 Å². The van der Waals surface area contributed by atoms with Crippen LogP contribution in [0.2, 0.25) is 0 Å². The van der Waals surface area contributed by atoms with Gasteiger partial charge in [0.25, 0.3) is 0 Å². The van der Waals surface area contributed by atoms with Crippen LogP contribution in [0.4, 0.5) is 0 Å². The minimum atomic E-state index is 0.871. The number of hydrogen-bond acceptors (Lipinski definition) is 1. The summed E-state index contributed by atoms with van der Waals surface area (Å²) in [6.07, 6.45) is 0. The molecule has 0 amide bonds. The van der Waals surface area contributed by atoms with Gasteiger partial charge in [0.2, 0.25) is 0 Å². The number of rotatable bonds is 6. The van der Waals surface area contributed by atoms with Gasteiger partial charge in [-0.1, -0.05) is 112 Å². The molecule has 0 unspecified atom stereocenters. The molecule has 0 aliphatic heterocycles. The van der Waals surface area contributed by atoms with E-state index in [4.69, 9.17) is 0 Å². The minimum absolute atomic E-state index is 0.871. The van der Waals surface area contributed by atoms with Crippen LogP contribution in [0.1, 0.15) is 22.3 Å². The lowest BCUT2D eigenvalue weighted by Crippen LogP contribution is -1.94. The van der Waals surface area contributed by atoms with Gasteiger partial charge in [-0.15, -0.1) is 0 Å². The molecule has 2 aromatic carbocycles. The molecule has 0 saturated heterocycles. The molecule has 2 aromatic rings. The van der Waals surface area contributed by atoms with Gasteiger partial charge in [0.1, 0.15) is 0 Å². The van der Waals surface area contributed by atoms with Crippen molar-refractivity contribution >= 4 is 75.5 Å². The highest BCUT2D eigenvalue weighted by Crippen LogP contribution is 2.40. The Morgan fingerprint density at radius 3 is 1.10 bits per heavy atom. The predicted molar refractivity (Wildman–Crippen MR) is 108 cm³/mol. The Kier molecular flexibility index (Phi) is 7.84. The molecule has 0 bridgehead atoms. The van der Waals surface area contributed by atoms with Crippen LogP contribution in [0.5, 0.6) is 0 Å². The second kappa shape index (κ2) is 9.11. The number of alkyl halides is 4. The van der Waals surface area contributed by atoms with E-state index in [1.54, 1.807) is 0 Å². The molecule has 2 rings (SSSR count). The summed E-state index contributed by atoms with van der Waals surface area (Å²) in [6, 6.07) is 13.0. The highest BCUT2D eigenvalue weighted by molar-refractivity contribution is 9.09. The maximum absolute atomic E-state index is 3.61. The third-order valence-electron chi connectivity index (χ3n) is 3.14. The third kappa shape index (κ3) is 4.37. The topological polar surface area (TPSA) is 0 Å². The van der Waals surface area contributed by atoms with Crippen LogP contribution >= 0.6 is 75.5 Å². The molecule has 0 aromatic heterocycles. The van der Waals surface area contributed by atoms with Gasteiger partial charge < -0.3 is 0 Å². The van der Waals surface area contributed by atoms with Crippen molar-refractivity contribution in [1.29, 1.82) is 0 Å². The van der Waals surface area contributed by atoms with Crippen LogP contribution in [0.15, 0.2) is 46.2 Å². The van der Waals surface area contributed by atoms with E-state index in [-0.39, 0.29) is 0 Å². The fraction of sp³-hybridized carbons (Fsp3) is 0.250. The minimum Gasteiger partial charge on any atom is -0.0888 e. The average Bonchev–Trinajstić information content (AvgIpc) is 2.55. The third-order valence-corrected chi connectivity index (χ3v) is 7.01. The van der Waals surface area contributed by atoms with Crippen molar-refractivity contribution < 1.29 is 0 Å². The normalized spacial score (nSPS) is 10.9. The van der Waals surface area contributed by atoms with Crippen molar-refractivity contribution in [1.82, 2.24) is 0 Å². The summed E-state index contributed by atoms with van der Waals surface area (Å²) < 4.78 is 0. The summed E-state index contributed by atoms with van der Waals surface area (Å²) >= 11 is 16.3. The fourth-order valence-electron chi connectivity index (χ4n) is 2.06.